The Balaban J connectivity index is 1.52. The molecule has 9 heteroatoms. The number of nitro groups is 1. The van der Waals surface area contributed by atoms with Gasteiger partial charge < -0.3 is 10.2 Å². The number of hydrogen-bond acceptors (Lipinski definition) is 5. The number of hydrogen-bond donors (Lipinski definition) is 1. The van der Waals surface area contributed by atoms with E-state index in [4.69, 9.17) is 0 Å². The van der Waals surface area contributed by atoms with Crippen LogP contribution in [-0.4, -0.2) is 48.5 Å². The molecule has 0 bridgehead atoms. The summed E-state index contributed by atoms with van der Waals surface area (Å²) in [5.41, 5.74) is 0.472. The van der Waals surface area contributed by atoms with Crippen LogP contribution < -0.4 is 10.2 Å². The minimum absolute atomic E-state index is 0.0296. The Morgan fingerprint density at radius 2 is 1.63 bits per heavy atom. The van der Waals surface area contributed by atoms with E-state index in [9.17, 15) is 23.7 Å². The highest BCUT2D eigenvalue weighted by Gasteiger charge is 2.21. The van der Waals surface area contributed by atoms with Crippen molar-refractivity contribution in [3.05, 3.63) is 64.2 Å². The molecule has 7 nitrogen and oxygen atoms in total. The second-order valence-corrected chi connectivity index (χ2v) is 6.18. The molecule has 1 fully saturated rings. The molecule has 2 aromatic rings. The number of halogens is 2. The van der Waals surface area contributed by atoms with Crippen LogP contribution in [0.2, 0.25) is 0 Å². The molecule has 142 valence electrons. The van der Waals surface area contributed by atoms with Gasteiger partial charge in [0.15, 0.2) is 0 Å². The van der Waals surface area contributed by atoms with Gasteiger partial charge in [-0.25, -0.2) is 8.78 Å². The highest BCUT2D eigenvalue weighted by molar-refractivity contribution is 5.92. The Labute approximate surface area is 154 Å². The minimum atomic E-state index is -0.814. The topological polar surface area (TPSA) is 78.7 Å². The van der Waals surface area contributed by atoms with Crippen LogP contribution in [-0.2, 0) is 4.79 Å². The fourth-order valence-electron chi connectivity index (χ4n) is 2.95. The van der Waals surface area contributed by atoms with Gasteiger partial charge in [0.1, 0.15) is 17.3 Å². The number of anilines is 2. The third-order valence-electron chi connectivity index (χ3n) is 4.39. The predicted molar refractivity (Wildman–Crippen MR) is 96.7 cm³/mol. The first-order valence-electron chi connectivity index (χ1n) is 8.39. The standard InChI is InChI=1S/C18H18F2N4O3/c19-15-2-1-3-16(20)18(15)21-17(25)12-22-8-10-23(11-9-22)13-4-6-14(7-5-13)24(26)27/h1-7H,8-12H2,(H,21,25). The molecule has 1 N–H and O–H groups in total. The van der Waals surface area contributed by atoms with E-state index in [0.717, 1.165) is 17.8 Å². The van der Waals surface area contributed by atoms with E-state index in [-0.39, 0.29) is 12.2 Å². The van der Waals surface area contributed by atoms with Crippen molar-refractivity contribution in [2.75, 3.05) is 42.9 Å². The third kappa shape index (κ3) is 4.56. The maximum Gasteiger partial charge on any atom is 0.269 e. The SMILES string of the molecule is O=C(CN1CCN(c2ccc([N+](=O)[O-])cc2)CC1)Nc1c(F)cccc1F. The van der Waals surface area contributed by atoms with E-state index in [2.05, 4.69) is 10.2 Å². The first kappa shape index (κ1) is 18.7. The van der Waals surface area contributed by atoms with Gasteiger partial charge in [-0.15, -0.1) is 0 Å². The Kier molecular flexibility index (Phi) is 5.60. The summed E-state index contributed by atoms with van der Waals surface area (Å²) in [6.07, 6.45) is 0. The molecule has 0 unspecified atom stereocenters. The van der Waals surface area contributed by atoms with Gasteiger partial charge in [-0.3, -0.25) is 19.8 Å². The van der Waals surface area contributed by atoms with Crippen LogP contribution in [0.1, 0.15) is 0 Å². The van der Waals surface area contributed by atoms with Gasteiger partial charge in [-0.2, -0.15) is 0 Å². The average molecular weight is 376 g/mol. The van der Waals surface area contributed by atoms with Gasteiger partial charge in [0.25, 0.3) is 5.69 Å². The van der Waals surface area contributed by atoms with Gasteiger partial charge in [-0.05, 0) is 24.3 Å². The number of non-ortho nitro benzene ring substituents is 1. The molecule has 1 aliphatic rings. The second-order valence-electron chi connectivity index (χ2n) is 6.18. The van der Waals surface area contributed by atoms with Crippen LogP contribution in [0, 0.1) is 21.7 Å². The summed E-state index contributed by atoms with van der Waals surface area (Å²) in [6, 6.07) is 9.71. The summed E-state index contributed by atoms with van der Waals surface area (Å²) >= 11 is 0. The van der Waals surface area contributed by atoms with E-state index in [1.807, 2.05) is 4.90 Å². The van der Waals surface area contributed by atoms with Crippen molar-refractivity contribution in [2.24, 2.45) is 0 Å². The second kappa shape index (κ2) is 8.09. The molecule has 0 spiro atoms. The fraction of sp³-hybridized carbons (Fsp3) is 0.278. The largest absolute Gasteiger partial charge is 0.369 e. The first-order chi connectivity index (χ1) is 12.9. The van der Waals surface area contributed by atoms with Crippen molar-refractivity contribution in [3.8, 4) is 0 Å². The maximum atomic E-state index is 13.6. The lowest BCUT2D eigenvalue weighted by molar-refractivity contribution is -0.384. The van der Waals surface area contributed by atoms with Crippen molar-refractivity contribution < 1.29 is 18.5 Å². The summed E-state index contributed by atoms with van der Waals surface area (Å²) in [7, 11) is 0. The van der Waals surface area contributed by atoms with Gasteiger partial charge in [0.05, 0.1) is 11.5 Å². The zero-order valence-electron chi connectivity index (χ0n) is 14.4. The van der Waals surface area contributed by atoms with Crippen molar-refractivity contribution in [1.82, 2.24) is 4.90 Å². The lowest BCUT2D eigenvalue weighted by Gasteiger charge is -2.35. The van der Waals surface area contributed by atoms with Crippen molar-refractivity contribution in [3.63, 3.8) is 0 Å². The quantitative estimate of drug-likeness (QED) is 0.641. The molecule has 0 aromatic heterocycles. The van der Waals surface area contributed by atoms with E-state index >= 15 is 0 Å². The van der Waals surface area contributed by atoms with Crippen LogP contribution in [0.3, 0.4) is 0 Å². The lowest BCUT2D eigenvalue weighted by Crippen LogP contribution is -2.48. The molecular weight excluding hydrogens is 358 g/mol. The van der Waals surface area contributed by atoms with E-state index < -0.39 is 28.2 Å². The molecule has 1 amide bonds. The number of rotatable bonds is 5. The van der Waals surface area contributed by atoms with Gasteiger partial charge in [0, 0.05) is 44.0 Å². The number of amides is 1. The summed E-state index contributed by atoms with van der Waals surface area (Å²) in [4.78, 5) is 26.3. The van der Waals surface area contributed by atoms with Gasteiger partial charge >= 0.3 is 0 Å². The summed E-state index contributed by atoms with van der Waals surface area (Å²) in [5.74, 6) is -2.11. The van der Waals surface area contributed by atoms with E-state index in [1.165, 1.54) is 18.2 Å². The molecule has 27 heavy (non-hydrogen) atoms. The highest BCUT2D eigenvalue weighted by Crippen LogP contribution is 2.21. The monoisotopic (exact) mass is 376 g/mol. The predicted octanol–water partition coefficient (Wildman–Crippen LogP) is 2.63. The molecule has 0 atom stereocenters. The average Bonchev–Trinajstić information content (AvgIpc) is 2.65. The van der Waals surface area contributed by atoms with Crippen molar-refractivity contribution >= 4 is 23.0 Å². The lowest BCUT2D eigenvalue weighted by atomic mass is 10.2. The first-order valence-corrected chi connectivity index (χ1v) is 8.39. The van der Waals surface area contributed by atoms with Crippen LogP contribution in [0.15, 0.2) is 42.5 Å². The molecule has 0 radical (unpaired) electrons. The molecule has 0 aliphatic carbocycles. The number of nitrogens with one attached hydrogen (secondary N) is 1. The molecule has 0 saturated carbocycles. The van der Waals surface area contributed by atoms with Crippen LogP contribution in [0.5, 0.6) is 0 Å². The van der Waals surface area contributed by atoms with Crippen LogP contribution >= 0.6 is 0 Å². The molecule has 3 rings (SSSR count). The molecule has 1 saturated heterocycles. The van der Waals surface area contributed by atoms with Gasteiger partial charge in [-0.1, -0.05) is 6.07 Å². The number of carbonyl (C=O) groups excluding carboxylic acids is 1. The normalized spacial score (nSPS) is 14.8. The Morgan fingerprint density at radius 3 is 2.19 bits per heavy atom. The number of benzene rings is 2. The number of nitro benzene ring substituents is 1. The summed E-state index contributed by atoms with van der Waals surface area (Å²) < 4.78 is 27.2. The number of piperazine rings is 1. The fourth-order valence-corrected chi connectivity index (χ4v) is 2.95. The van der Waals surface area contributed by atoms with Gasteiger partial charge in [0.2, 0.25) is 5.91 Å². The minimum Gasteiger partial charge on any atom is -0.369 e. The number of carbonyl (C=O) groups is 1. The number of para-hydroxylation sites is 1. The number of nitrogens with zero attached hydrogens (tertiary/aromatic N) is 3. The molecule has 2 aromatic carbocycles. The molecule has 1 heterocycles. The Bertz CT molecular complexity index is 817. The van der Waals surface area contributed by atoms with Crippen molar-refractivity contribution in [2.45, 2.75) is 0 Å². The van der Waals surface area contributed by atoms with Crippen molar-refractivity contribution in [1.29, 1.82) is 0 Å². The molecular formula is C18H18F2N4O3. The third-order valence-corrected chi connectivity index (χ3v) is 4.39. The van der Waals surface area contributed by atoms with E-state index in [1.54, 1.807) is 12.1 Å². The maximum absolute atomic E-state index is 13.6. The van der Waals surface area contributed by atoms with Crippen LogP contribution in [0.4, 0.5) is 25.8 Å². The Hall–Kier alpha value is -3.07. The smallest absolute Gasteiger partial charge is 0.269 e. The summed E-state index contributed by atoms with van der Waals surface area (Å²) in [6.45, 7) is 2.48. The molecule has 1 aliphatic heterocycles. The Morgan fingerprint density at radius 1 is 1.04 bits per heavy atom. The zero-order chi connectivity index (χ0) is 19.4. The zero-order valence-corrected chi connectivity index (χ0v) is 14.4. The van der Waals surface area contributed by atoms with E-state index in [0.29, 0.717) is 26.2 Å². The summed E-state index contributed by atoms with van der Waals surface area (Å²) in [5, 5.41) is 13.0. The van der Waals surface area contributed by atoms with Crippen LogP contribution in [0.25, 0.3) is 0 Å². The highest BCUT2D eigenvalue weighted by atomic mass is 19.1.